The predicted molar refractivity (Wildman–Crippen MR) is 108 cm³/mol. The highest BCUT2D eigenvalue weighted by molar-refractivity contribution is 5.76. The molecule has 9 heteroatoms. The Hall–Kier alpha value is -2.26. The molecule has 2 aliphatic heterocycles. The van der Waals surface area contributed by atoms with Crippen LogP contribution in [0.1, 0.15) is 55.4 Å². The molecule has 0 aliphatic carbocycles. The van der Waals surface area contributed by atoms with Gasteiger partial charge >= 0.3 is 0 Å². The number of aryl methyl sites for hydroxylation is 1. The number of hydrogen-bond donors (Lipinski definition) is 0. The molecule has 1 unspecified atom stereocenters. The predicted octanol–water partition coefficient (Wildman–Crippen LogP) is 2.07. The van der Waals surface area contributed by atoms with E-state index in [4.69, 9.17) is 19.0 Å². The number of aromatic nitrogens is 4. The van der Waals surface area contributed by atoms with E-state index in [0.717, 1.165) is 57.6 Å². The van der Waals surface area contributed by atoms with Crippen LogP contribution in [0.4, 0.5) is 0 Å². The molecule has 0 aromatic carbocycles. The van der Waals surface area contributed by atoms with Crippen molar-refractivity contribution in [3.63, 3.8) is 0 Å². The summed E-state index contributed by atoms with van der Waals surface area (Å²) in [5.74, 6) is 1.71. The van der Waals surface area contributed by atoms with E-state index in [9.17, 15) is 4.79 Å². The topological polar surface area (TPSA) is 95.5 Å². The molecule has 0 spiro atoms. The van der Waals surface area contributed by atoms with Crippen molar-refractivity contribution in [2.75, 3.05) is 40.0 Å². The molecule has 0 radical (unpaired) electrons. The Morgan fingerprint density at radius 1 is 1.37 bits per heavy atom. The maximum atomic E-state index is 13.0. The van der Waals surface area contributed by atoms with E-state index in [-0.39, 0.29) is 23.8 Å². The molecular formula is C21H31N5O4. The van der Waals surface area contributed by atoms with E-state index in [1.165, 1.54) is 0 Å². The Balaban J connectivity index is 1.52. The minimum atomic E-state index is -0.350. The van der Waals surface area contributed by atoms with Gasteiger partial charge in [-0.15, -0.1) is 0 Å². The van der Waals surface area contributed by atoms with Crippen LogP contribution in [0.2, 0.25) is 0 Å². The van der Waals surface area contributed by atoms with E-state index in [0.29, 0.717) is 24.9 Å². The Labute approximate surface area is 176 Å². The highest BCUT2D eigenvalue weighted by Gasteiger charge is 2.42. The molecular weight excluding hydrogens is 386 g/mol. The second-order valence-electron chi connectivity index (χ2n) is 8.44. The smallest absolute Gasteiger partial charge is 0.244 e. The molecule has 4 heterocycles. The quantitative estimate of drug-likeness (QED) is 0.680. The first kappa shape index (κ1) is 21.0. The third kappa shape index (κ3) is 4.57. The van der Waals surface area contributed by atoms with Gasteiger partial charge in [0.25, 0.3) is 0 Å². The molecule has 2 aromatic rings. The average molecular weight is 418 g/mol. The lowest BCUT2D eigenvalue weighted by molar-refractivity contribution is -0.134. The number of amides is 1. The molecule has 2 aromatic heterocycles. The lowest BCUT2D eigenvalue weighted by atomic mass is 9.76. The van der Waals surface area contributed by atoms with E-state index in [2.05, 4.69) is 10.3 Å². The van der Waals surface area contributed by atoms with Crippen molar-refractivity contribution < 1.29 is 18.8 Å². The van der Waals surface area contributed by atoms with Gasteiger partial charge < -0.3 is 18.9 Å². The second-order valence-corrected chi connectivity index (χ2v) is 8.44. The minimum Gasteiger partial charge on any atom is -0.385 e. The first-order chi connectivity index (χ1) is 14.6. The largest absolute Gasteiger partial charge is 0.385 e. The number of piperidine rings is 1. The van der Waals surface area contributed by atoms with Crippen LogP contribution < -0.4 is 0 Å². The van der Waals surface area contributed by atoms with Crippen LogP contribution >= 0.6 is 0 Å². The van der Waals surface area contributed by atoms with Crippen LogP contribution in [0, 0.1) is 6.92 Å². The van der Waals surface area contributed by atoms with Crippen molar-refractivity contribution in [1.29, 1.82) is 0 Å². The van der Waals surface area contributed by atoms with Crippen molar-refractivity contribution >= 4 is 5.91 Å². The van der Waals surface area contributed by atoms with E-state index >= 15 is 0 Å². The summed E-state index contributed by atoms with van der Waals surface area (Å²) in [6.45, 7) is 5.51. The highest BCUT2D eigenvalue weighted by Crippen LogP contribution is 2.37. The zero-order valence-electron chi connectivity index (χ0n) is 17.9. The summed E-state index contributed by atoms with van der Waals surface area (Å²) in [5, 5.41) is 8.73. The zero-order chi connectivity index (χ0) is 21.0. The summed E-state index contributed by atoms with van der Waals surface area (Å²) in [5.41, 5.74) is 0.556. The van der Waals surface area contributed by atoms with Gasteiger partial charge in [-0.3, -0.25) is 9.48 Å². The molecule has 30 heavy (non-hydrogen) atoms. The minimum absolute atomic E-state index is 0.0627. The van der Waals surface area contributed by atoms with Crippen molar-refractivity contribution in [2.24, 2.45) is 0 Å². The summed E-state index contributed by atoms with van der Waals surface area (Å²) >= 11 is 0. The third-order valence-corrected chi connectivity index (χ3v) is 6.27. The molecule has 0 N–H and O–H groups in total. The van der Waals surface area contributed by atoms with E-state index in [1.54, 1.807) is 11.8 Å². The maximum absolute atomic E-state index is 13.0. The molecule has 2 fully saturated rings. The average Bonchev–Trinajstić information content (AvgIpc) is 3.43. The van der Waals surface area contributed by atoms with Gasteiger partial charge in [0.2, 0.25) is 11.8 Å². The van der Waals surface area contributed by atoms with Gasteiger partial charge in [0.15, 0.2) is 5.82 Å². The maximum Gasteiger partial charge on any atom is 0.244 e. The Morgan fingerprint density at radius 3 is 2.93 bits per heavy atom. The van der Waals surface area contributed by atoms with Gasteiger partial charge in [0.05, 0.1) is 11.1 Å². The van der Waals surface area contributed by atoms with Gasteiger partial charge in [0.1, 0.15) is 6.54 Å². The number of methoxy groups -OCH3 is 1. The number of nitrogens with zero attached hydrogens (tertiary/aromatic N) is 5. The fourth-order valence-corrected chi connectivity index (χ4v) is 4.49. The zero-order valence-corrected chi connectivity index (χ0v) is 17.9. The second kappa shape index (κ2) is 9.26. The summed E-state index contributed by atoms with van der Waals surface area (Å²) in [6, 6.07) is 1.91. The third-order valence-electron chi connectivity index (χ3n) is 6.27. The van der Waals surface area contributed by atoms with Crippen LogP contribution in [0.5, 0.6) is 0 Å². The standard InChI is InChI=1S/C21H31N5O4/c1-16-4-10-26(23-16)14-18(27)25-9-3-7-21(15-25,8-13-28-2)20-22-19(30-24-20)17-5-11-29-12-6-17/h4,10,17H,3,5-9,11-15H2,1-2H3. The van der Waals surface area contributed by atoms with Crippen LogP contribution in [-0.4, -0.2) is 70.7 Å². The number of carbonyl (C=O) groups is 1. The van der Waals surface area contributed by atoms with Gasteiger partial charge in [-0.1, -0.05) is 5.16 Å². The van der Waals surface area contributed by atoms with Gasteiger partial charge in [-0.05, 0) is 45.1 Å². The summed E-state index contributed by atoms with van der Waals surface area (Å²) in [4.78, 5) is 19.7. The number of hydrogen-bond acceptors (Lipinski definition) is 7. The fraction of sp³-hybridized carbons (Fsp3) is 0.714. The van der Waals surface area contributed by atoms with Gasteiger partial charge in [-0.25, -0.2) is 0 Å². The Kier molecular flexibility index (Phi) is 6.48. The van der Waals surface area contributed by atoms with Crippen LogP contribution in [0.3, 0.4) is 0 Å². The first-order valence-electron chi connectivity index (χ1n) is 10.8. The molecule has 1 atom stereocenters. The molecule has 1 amide bonds. The molecule has 2 aliphatic rings. The van der Waals surface area contributed by atoms with Gasteiger partial charge in [0, 0.05) is 52.1 Å². The summed E-state index contributed by atoms with van der Waals surface area (Å²) < 4.78 is 18.2. The SMILES string of the molecule is COCCC1(c2noc(C3CCOCC3)n2)CCCN(C(=O)Cn2ccc(C)n2)C1. The van der Waals surface area contributed by atoms with E-state index in [1.807, 2.05) is 24.1 Å². The summed E-state index contributed by atoms with van der Waals surface area (Å²) in [6.07, 6.45) is 6.21. The molecule has 0 bridgehead atoms. The molecule has 164 valence electrons. The molecule has 0 saturated carbocycles. The van der Waals surface area contributed by atoms with Crippen molar-refractivity contribution in [3.8, 4) is 0 Å². The number of rotatable bonds is 7. The summed E-state index contributed by atoms with van der Waals surface area (Å²) in [7, 11) is 1.70. The highest BCUT2D eigenvalue weighted by atomic mass is 16.5. The van der Waals surface area contributed by atoms with Crippen LogP contribution in [-0.2, 0) is 26.2 Å². The van der Waals surface area contributed by atoms with Gasteiger partial charge in [-0.2, -0.15) is 10.1 Å². The van der Waals surface area contributed by atoms with Crippen molar-refractivity contribution in [3.05, 3.63) is 29.7 Å². The first-order valence-corrected chi connectivity index (χ1v) is 10.8. The number of likely N-dealkylation sites (tertiary alicyclic amines) is 1. The molecule has 4 rings (SSSR count). The monoisotopic (exact) mass is 417 g/mol. The molecule has 9 nitrogen and oxygen atoms in total. The number of ether oxygens (including phenoxy) is 2. The number of carbonyl (C=O) groups excluding carboxylic acids is 1. The Bertz CT molecular complexity index is 844. The fourth-order valence-electron chi connectivity index (χ4n) is 4.49. The van der Waals surface area contributed by atoms with Crippen LogP contribution in [0.15, 0.2) is 16.8 Å². The Morgan fingerprint density at radius 2 is 2.20 bits per heavy atom. The lowest BCUT2D eigenvalue weighted by Crippen LogP contribution is -2.50. The van der Waals surface area contributed by atoms with Crippen molar-refractivity contribution in [2.45, 2.75) is 56.9 Å². The lowest BCUT2D eigenvalue weighted by Gasteiger charge is -2.41. The van der Waals surface area contributed by atoms with Crippen LogP contribution in [0.25, 0.3) is 0 Å². The normalized spacial score (nSPS) is 23.1. The van der Waals surface area contributed by atoms with E-state index < -0.39 is 0 Å². The molecule has 2 saturated heterocycles. The van der Waals surface area contributed by atoms with Crippen molar-refractivity contribution in [1.82, 2.24) is 24.8 Å².